The summed E-state index contributed by atoms with van der Waals surface area (Å²) in [5.41, 5.74) is 0.938. The van der Waals surface area contributed by atoms with Gasteiger partial charge >= 0.3 is 0 Å². The van der Waals surface area contributed by atoms with Crippen LogP contribution in [0.25, 0.3) is 0 Å². The van der Waals surface area contributed by atoms with E-state index < -0.39 is 0 Å². The van der Waals surface area contributed by atoms with Gasteiger partial charge < -0.3 is 9.30 Å². The third-order valence-electron chi connectivity index (χ3n) is 3.64. The minimum Gasteiger partial charge on any atom is -0.494 e. The molecule has 1 aromatic heterocycles. The van der Waals surface area contributed by atoms with Gasteiger partial charge in [-0.2, -0.15) is 0 Å². The van der Waals surface area contributed by atoms with Crippen LogP contribution in [0.1, 0.15) is 17.2 Å². The van der Waals surface area contributed by atoms with E-state index in [-0.39, 0.29) is 11.6 Å². The van der Waals surface area contributed by atoms with E-state index in [4.69, 9.17) is 4.74 Å². The Morgan fingerprint density at radius 1 is 1.30 bits per heavy atom. The maximum absolute atomic E-state index is 13.7. The number of hydrogen-bond acceptors (Lipinski definition) is 4. The second-order valence-electron chi connectivity index (χ2n) is 4.99. The Morgan fingerprint density at radius 3 is 2.90 bits per heavy atom. The first-order valence-electron chi connectivity index (χ1n) is 6.61. The van der Waals surface area contributed by atoms with E-state index in [1.165, 1.54) is 13.2 Å². The Morgan fingerprint density at radius 2 is 2.15 bits per heavy atom. The SMILES string of the molecule is COc1ccc(CN2CCn3c(C)nnc3C2)cc1F. The standard InChI is InChI=1S/C14H17FN4O/c1-10-16-17-14-9-18(5-6-19(10)14)8-11-3-4-13(20-2)12(15)7-11/h3-4,7H,5-6,8-9H2,1-2H3. The molecule has 0 amide bonds. The van der Waals surface area contributed by atoms with Gasteiger partial charge in [-0.05, 0) is 24.6 Å². The third kappa shape index (κ3) is 2.38. The lowest BCUT2D eigenvalue weighted by molar-refractivity contribution is 0.207. The van der Waals surface area contributed by atoms with Crippen molar-refractivity contribution >= 4 is 0 Å². The normalized spacial score (nSPS) is 15.2. The van der Waals surface area contributed by atoms with Gasteiger partial charge in [0.05, 0.1) is 13.7 Å². The summed E-state index contributed by atoms with van der Waals surface area (Å²) in [4.78, 5) is 2.24. The predicted octanol–water partition coefficient (Wildman–Crippen LogP) is 1.75. The maximum atomic E-state index is 13.7. The molecule has 0 N–H and O–H groups in total. The molecule has 0 fully saturated rings. The van der Waals surface area contributed by atoms with Crippen LogP contribution in [0.4, 0.5) is 4.39 Å². The van der Waals surface area contributed by atoms with Crippen molar-refractivity contribution in [3.8, 4) is 5.75 Å². The Kier molecular flexibility index (Phi) is 3.40. The molecule has 20 heavy (non-hydrogen) atoms. The van der Waals surface area contributed by atoms with Gasteiger partial charge in [0.25, 0.3) is 0 Å². The molecule has 0 atom stereocenters. The quantitative estimate of drug-likeness (QED) is 0.856. The molecule has 1 aliphatic rings. The first kappa shape index (κ1) is 13.1. The number of ether oxygens (including phenoxy) is 1. The largest absolute Gasteiger partial charge is 0.494 e. The number of rotatable bonds is 3. The molecule has 3 rings (SSSR count). The first-order chi connectivity index (χ1) is 9.67. The van der Waals surface area contributed by atoms with Crippen LogP contribution in [-0.4, -0.2) is 33.3 Å². The second kappa shape index (κ2) is 5.20. The van der Waals surface area contributed by atoms with Crippen molar-refractivity contribution in [3.63, 3.8) is 0 Å². The molecule has 6 heteroatoms. The van der Waals surface area contributed by atoms with Crippen LogP contribution < -0.4 is 4.74 Å². The van der Waals surface area contributed by atoms with Crippen molar-refractivity contribution in [3.05, 3.63) is 41.2 Å². The van der Waals surface area contributed by atoms with Gasteiger partial charge in [0.1, 0.15) is 11.6 Å². The molecule has 106 valence electrons. The molecule has 0 saturated heterocycles. The molecule has 1 aliphatic heterocycles. The van der Waals surface area contributed by atoms with E-state index in [1.807, 2.05) is 13.0 Å². The molecule has 0 spiro atoms. The highest BCUT2D eigenvalue weighted by Gasteiger charge is 2.19. The lowest BCUT2D eigenvalue weighted by Gasteiger charge is -2.27. The van der Waals surface area contributed by atoms with Gasteiger partial charge in [-0.3, -0.25) is 4.90 Å². The fourth-order valence-corrected chi connectivity index (χ4v) is 2.55. The summed E-state index contributed by atoms with van der Waals surface area (Å²) in [5.74, 6) is 1.89. The fraction of sp³-hybridized carbons (Fsp3) is 0.429. The lowest BCUT2D eigenvalue weighted by Crippen LogP contribution is -2.33. The van der Waals surface area contributed by atoms with E-state index in [0.717, 1.165) is 36.8 Å². The van der Waals surface area contributed by atoms with Crippen molar-refractivity contribution < 1.29 is 9.13 Å². The maximum Gasteiger partial charge on any atom is 0.165 e. The summed E-state index contributed by atoms with van der Waals surface area (Å²) in [6, 6.07) is 5.09. The van der Waals surface area contributed by atoms with Crippen molar-refractivity contribution in [1.82, 2.24) is 19.7 Å². The van der Waals surface area contributed by atoms with Gasteiger partial charge in [-0.25, -0.2) is 4.39 Å². The van der Waals surface area contributed by atoms with Gasteiger partial charge in [-0.1, -0.05) is 6.07 Å². The predicted molar refractivity (Wildman–Crippen MR) is 71.8 cm³/mol. The Hall–Kier alpha value is -1.95. The van der Waals surface area contributed by atoms with Crippen LogP contribution >= 0.6 is 0 Å². The number of benzene rings is 1. The number of methoxy groups -OCH3 is 1. The summed E-state index contributed by atoms with van der Waals surface area (Å²) in [5, 5.41) is 8.26. The molecular weight excluding hydrogens is 259 g/mol. The minimum absolute atomic E-state index is 0.280. The van der Waals surface area contributed by atoms with E-state index >= 15 is 0 Å². The van der Waals surface area contributed by atoms with E-state index in [0.29, 0.717) is 6.54 Å². The molecule has 0 aliphatic carbocycles. The average Bonchev–Trinajstić information content (AvgIpc) is 2.80. The molecule has 5 nitrogen and oxygen atoms in total. The van der Waals surface area contributed by atoms with Crippen LogP contribution in [0.5, 0.6) is 5.75 Å². The third-order valence-corrected chi connectivity index (χ3v) is 3.64. The first-order valence-corrected chi connectivity index (χ1v) is 6.61. The summed E-state index contributed by atoms with van der Waals surface area (Å²) in [6.07, 6.45) is 0. The smallest absolute Gasteiger partial charge is 0.165 e. The average molecular weight is 276 g/mol. The van der Waals surface area contributed by atoms with Gasteiger partial charge in [-0.15, -0.1) is 10.2 Å². The van der Waals surface area contributed by atoms with Crippen molar-refractivity contribution in [1.29, 1.82) is 0 Å². The van der Waals surface area contributed by atoms with E-state index in [2.05, 4.69) is 19.7 Å². The lowest BCUT2D eigenvalue weighted by atomic mass is 10.2. The van der Waals surface area contributed by atoms with Crippen LogP contribution in [0, 0.1) is 12.7 Å². The van der Waals surface area contributed by atoms with Gasteiger partial charge in [0, 0.05) is 19.6 Å². The molecule has 2 heterocycles. The highest BCUT2D eigenvalue weighted by Crippen LogP contribution is 2.20. The molecule has 0 bridgehead atoms. The molecule has 1 aromatic carbocycles. The Bertz CT molecular complexity index is 626. The highest BCUT2D eigenvalue weighted by atomic mass is 19.1. The monoisotopic (exact) mass is 276 g/mol. The zero-order valence-corrected chi connectivity index (χ0v) is 11.6. The summed E-state index contributed by atoms with van der Waals surface area (Å²) in [6.45, 7) is 5.21. The fourth-order valence-electron chi connectivity index (χ4n) is 2.55. The number of hydrogen-bond donors (Lipinski definition) is 0. The van der Waals surface area contributed by atoms with Crippen LogP contribution in [-0.2, 0) is 19.6 Å². The Labute approximate surface area is 117 Å². The molecular formula is C14H17FN4O. The number of nitrogens with zero attached hydrogens (tertiary/aromatic N) is 4. The minimum atomic E-state index is -0.318. The zero-order chi connectivity index (χ0) is 14.1. The van der Waals surface area contributed by atoms with Gasteiger partial charge in [0.15, 0.2) is 11.6 Å². The van der Waals surface area contributed by atoms with E-state index in [9.17, 15) is 4.39 Å². The van der Waals surface area contributed by atoms with Gasteiger partial charge in [0.2, 0.25) is 0 Å². The number of fused-ring (bicyclic) bond motifs is 1. The van der Waals surface area contributed by atoms with Crippen LogP contribution in [0.2, 0.25) is 0 Å². The summed E-state index contributed by atoms with van der Waals surface area (Å²) < 4.78 is 20.7. The van der Waals surface area contributed by atoms with Crippen molar-refractivity contribution in [2.24, 2.45) is 0 Å². The zero-order valence-electron chi connectivity index (χ0n) is 11.6. The Balaban J connectivity index is 1.72. The number of aryl methyl sites for hydroxylation is 1. The van der Waals surface area contributed by atoms with Crippen molar-refractivity contribution in [2.45, 2.75) is 26.6 Å². The number of aromatic nitrogens is 3. The number of halogens is 1. The second-order valence-corrected chi connectivity index (χ2v) is 4.99. The molecule has 0 radical (unpaired) electrons. The molecule has 2 aromatic rings. The highest BCUT2D eigenvalue weighted by molar-refractivity contribution is 5.29. The van der Waals surface area contributed by atoms with E-state index in [1.54, 1.807) is 6.07 Å². The van der Waals surface area contributed by atoms with Crippen LogP contribution in [0.15, 0.2) is 18.2 Å². The molecule has 0 saturated carbocycles. The van der Waals surface area contributed by atoms with Crippen molar-refractivity contribution in [2.75, 3.05) is 13.7 Å². The summed E-state index contributed by atoms with van der Waals surface area (Å²) >= 11 is 0. The van der Waals surface area contributed by atoms with Crippen LogP contribution in [0.3, 0.4) is 0 Å². The summed E-state index contributed by atoms with van der Waals surface area (Å²) in [7, 11) is 1.47. The topological polar surface area (TPSA) is 43.2 Å². The molecule has 0 unspecified atom stereocenters.